The molecule has 1 aromatic heterocycles. The molecule has 7 heteroatoms. The molecule has 0 saturated carbocycles. The summed E-state index contributed by atoms with van der Waals surface area (Å²) in [5, 5.41) is 11.2. The van der Waals surface area contributed by atoms with Gasteiger partial charge in [-0.15, -0.1) is 0 Å². The summed E-state index contributed by atoms with van der Waals surface area (Å²) >= 11 is 0. The van der Waals surface area contributed by atoms with Gasteiger partial charge >= 0.3 is 0 Å². The number of carbonyl (C=O) groups excluding carboxylic acids is 2. The number of nitrogens with zero attached hydrogens (tertiary/aromatic N) is 3. The Bertz CT molecular complexity index is 1250. The summed E-state index contributed by atoms with van der Waals surface area (Å²) in [5.41, 5.74) is 3.43. The average molecular weight is 486 g/mol. The van der Waals surface area contributed by atoms with E-state index in [9.17, 15) is 14.7 Å². The minimum absolute atomic E-state index is 0.0753. The van der Waals surface area contributed by atoms with Crippen LogP contribution in [0.15, 0.2) is 78.6 Å². The predicted molar refractivity (Wildman–Crippen MR) is 138 cm³/mol. The van der Waals surface area contributed by atoms with E-state index in [1.54, 1.807) is 42.7 Å². The molecular formula is C29H31N3O4. The number of benzene rings is 2. The fourth-order valence-electron chi connectivity index (χ4n) is 4.39. The zero-order chi connectivity index (χ0) is 25.7. The zero-order valence-electron chi connectivity index (χ0n) is 20.8. The van der Waals surface area contributed by atoms with Crippen molar-refractivity contribution in [3.8, 4) is 5.75 Å². The van der Waals surface area contributed by atoms with E-state index in [4.69, 9.17) is 4.74 Å². The third-order valence-corrected chi connectivity index (χ3v) is 6.16. The Morgan fingerprint density at radius 1 is 1.08 bits per heavy atom. The number of Topliss-reactive ketones (excluding diaryl/α,β-unsaturated/α-hetero) is 1. The third-order valence-electron chi connectivity index (χ3n) is 6.16. The number of ketones is 1. The molecule has 3 aromatic rings. The summed E-state index contributed by atoms with van der Waals surface area (Å²) in [6.45, 7) is 3.62. The molecule has 1 fully saturated rings. The fraction of sp³-hybridized carbons (Fsp3) is 0.276. The van der Waals surface area contributed by atoms with Gasteiger partial charge in [0, 0.05) is 24.5 Å². The molecular weight excluding hydrogens is 454 g/mol. The SMILES string of the molecule is Cc1cccc(COc2ccc(/C(O)=C3\C(=O)C(=O)N(CCCN(C)C)[C@H]3c3cccnc3)cc2)c1. The minimum Gasteiger partial charge on any atom is -0.507 e. The van der Waals surface area contributed by atoms with Crippen molar-refractivity contribution in [1.29, 1.82) is 0 Å². The summed E-state index contributed by atoms with van der Waals surface area (Å²) in [4.78, 5) is 33.8. The number of amides is 1. The number of hydrogen-bond donors (Lipinski definition) is 1. The van der Waals surface area contributed by atoms with Crippen LogP contribution in [0.4, 0.5) is 0 Å². The van der Waals surface area contributed by atoms with Gasteiger partial charge in [0.1, 0.15) is 18.1 Å². The molecule has 4 rings (SSSR count). The Labute approximate surface area is 211 Å². The van der Waals surface area contributed by atoms with Crippen molar-refractivity contribution in [2.45, 2.75) is 26.0 Å². The molecule has 186 valence electrons. The number of rotatable bonds is 9. The molecule has 0 aliphatic carbocycles. The highest BCUT2D eigenvalue weighted by Crippen LogP contribution is 2.39. The Balaban J connectivity index is 1.60. The van der Waals surface area contributed by atoms with Crippen molar-refractivity contribution in [3.05, 3.63) is 101 Å². The molecule has 0 unspecified atom stereocenters. The van der Waals surface area contributed by atoms with Gasteiger partial charge < -0.3 is 19.6 Å². The minimum atomic E-state index is -0.696. The number of aryl methyl sites for hydroxylation is 1. The van der Waals surface area contributed by atoms with E-state index in [2.05, 4.69) is 11.1 Å². The van der Waals surface area contributed by atoms with Crippen LogP contribution in [-0.4, -0.2) is 58.8 Å². The lowest BCUT2D eigenvalue weighted by atomic mass is 9.96. The summed E-state index contributed by atoms with van der Waals surface area (Å²) in [5.74, 6) is -0.864. The van der Waals surface area contributed by atoms with Crippen molar-refractivity contribution >= 4 is 17.4 Å². The fourth-order valence-corrected chi connectivity index (χ4v) is 4.39. The van der Waals surface area contributed by atoms with E-state index in [0.29, 0.717) is 36.4 Å². The van der Waals surface area contributed by atoms with E-state index in [1.165, 1.54) is 4.90 Å². The van der Waals surface area contributed by atoms with Crippen molar-refractivity contribution in [3.63, 3.8) is 0 Å². The van der Waals surface area contributed by atoms with Crippen molar-refractivity contribution in [1.82, 2.24) is 14.8 Å². The van der Waals surface area contributed by atoms with Crippen LogP contribution in [-0.2, 0) is 16.2 Å². The maximum Gasteiger partial charge on any atom is 0.295 e. The first-order valence-electron chi connectivity index (χ1n) is 12.0. The van der Waals surface area contributed by atoms with Gasteiger partial charge in [-0.3, -0.25) is 14.6 Å². The maximum absolute atomic E-state index is 13.1. The lowest BCUT2D eigenvalue weighted by molar-refractivity contribution is -0.139. The highest BCUT2D eigenvalue weighted by Gasteiger charge is 2.45. The Morgan fingerprint density at radius 3 is 2.53 bits per heavy atom. The molecule has 1 aliphatic heterocycles. The lowest BCUT2D eigenvalue weighted by Gasteiger charge is -2.25. The standard InChI is InChI=1S/C29H31N3O4/c1-20-7-4-8-21(17-20)19-36-24-12-10-22(11-13-24)27(33)25-26(23-9-5-14-30-18-23)32(29(35)28(25)34)16-6-15-31(2)3/h4-5,7-14,17-18,26,33H,6,15-16,19H2,1-3H3/b27-25+/t26-/m0/s1. The number of aliphatic hydroxyl groups is 1. The van der Waals surface area contributed by atoms with Gasteiger partial charge in [0.15, 0.2) is 0 Å². The van der Waals surface area contributed by atoms with E-state index in [1.807, 2.05) is 50.2 Å². The molecule has 0 spiro atoms. The first-order chi connectivity index (χ1) is 17.3. The predicted octanol–water partition coefficient (Wildman–Crippen LogP) is 4.34. The van der Waals surface area contributed by atoms with Crippen LogP contribution in [0.1, 0.15) is 34.7 Å². The number of likely N-dealkylation sites (tertiary alicyclic amines) is 1. The van der Waals surface area contributed by atoms with E-state index >= 15 is 0 Å². The van der Waals surface area contributed by atoms with Gasteiger partial charge in [0.2, 0.25) is 0 Å². The van der Waals surface area contributed by atoms with Crippen molar-refractivity contribution in [2.24, 2.45) is 0 Å². The van der Waals surface area contributed by atoms with Gasteiger partial charge in [-0.2, -0.15) is 0 Å². The van der Waals surface area contributed by atoms with Crippen LogP contribution in [0.2, 0.25) is 0 Å². The van der Waals surface area contributed by atoms with Gasteiger partial charge in [-0.1, -0.05) is 35.9 Å². The molecule has 36 heavy (non-hydrogen) atoms. The summed E-state index contributed by atoms with van der Waals surface area (Å²) in [6.07, 6.45) is 3.96. The quantitative estimate of drug-likeness (QED) is 0.276. The van der Waals surface area contributed by atoms with Crippen LogP contribution in [0.25, 0.3) is 5.76 Å². The maximum atomic E-state index is 13.1. The highest BCUT2D eigenvalue weighted by atomic mass is 16.5. The Morgan fingerprint density at radius 2 is 1.86 bits per heavy atom. The van der Waals surface area contributed by atoms with Crippen LogP contribution in [0, 0.1) is 6.92 Å². The topological polar surface area (TPSA) is 83.0 Å². The molecule has 0 bridgehead atoms. The van der Waals surface area contributed by atoms with Gasteiger partial charge in [-0.25, -0.2) is 0 Å². The first kappa shape index (κ1) is 25.1. The number of aliphatic hydroxyl groups excluding tert-OH is 1. The van der Waals surface area contributed by atoms with Crippen LogP contribution in [0.5, 0.6) is 5.75 Å². The summed E-state index contributed by atoms with van der Waals surface area (Å²) in [6, 6.07) is 17.9. The largest absolute Gasteiger partial charge is 0.507 e. The molecule has 1 saturated heterocycles. The lowest BCUT2D eigenvalue weighted by Crippen LogP contribution is -2.32. The third kappa shape index (κ3) is 5.63. The molecule has 1 amide bonds. The van der Waals surface area contributed by atoms with E-state index in [0.717, 1.165) is 17.7 Å². The Hall–Kier alpha value is -3.97. The van der Waals surface area contributed by atoms with Crippen molar-refractivity contribution in [2.75, 3.05) is 27.2 Å². The number of hydrogen-bond acceptors (Lipinski definition) is 6. The smallest absolute Gasteiger partial charge is 0.295 e. The highest BCUT2D eigenvalue weighted by molar-refractivity contribution is 6.46. The molecule has 1 atom stereocenters. The number of aromatic nitrogens is 1. The van der Waals surface area contributed by atoms with Crippen molar-refractivity contribution < 1.29 is 19.4 Å². The number of carbonyl (C=O) groups is 2. The van der Waals surface area contributed by atoms with Gasteiger partial charge in [0.25, 0.3) is 11.7 Å². The molecule has 7 nitrogen and oxygen atoms in total. The number of pyridine rings is 1. The number of ether oxygens (including phenoxy) is 1. The zero-order valence-corrected chi connectivity index (χ0v) is 20.8. The van der Waals surface area contributed by atoms with Crippen LogP contribution in [0.3, 0.4) is 0 Å². The van der Waals surface area contributed by atoms with Gasteiger partial charge in [-0.05, 0) is 75.4 Å². The normalized spacial score (nSPS) is 17.1. The van der Waals surface area contributed by atoms with E-state index in [-0.39, 0.29) is 11.3 Å². The Kier molecular flexibility index (Phi) is 7.80. The monoisotopic (exact) mass is 485 g/mol. The molecule has 1 aliphatic rings. The molecule has 0 radical (unpaired) electrons. The molecule has 2 aromatic carbocycles. The van der Waals surface area contributed by atoms with Gasteiger partial charge in [0.05, 0.1) is 11.6 Å². The summed E-state index contributed by atoms with van der Waals surface area (Å²) in [7, 11) is 3.92. The first-order valence-corrected chi connectivity index (χ1v) is 12.0. The second-order valence-electron chi connectivity index (χ2n) is 9.24. The van der Waals surface area contributed by atoms with Crippen LogP contribution >= 0.6 is 0 Å². The molecule has 2 heterocycles. The summed E-state index contributed by atoms with van der Waals surface area (Å²) < 4.78 is 5.88. The second kappa shape index (κ2) is 11.2. The van der Waals surface area contributed by atoms with Crippen LogP contribution < -0.4 is 4.74 Å². The molecule has 1 N–H and O–H groups in total. The second-order valence-corrected chi connectivity index (χ2v) is 9.24. The van der Waals surface area contributed by atoms with E-state index < -0.39 is 17.7 Å². The average Bonchev–Trinajstić information content (AvgIpc) is 3.13.